The summed E-state index contributed by atoms with van der Waals surface area (Å²) >= 11 is 6.24. The number of fused-ring (bicyclic) bond motifs is 1. The van der Waals surface area contributed by atoms with Crippen LogP contribution in [0.4, 0.5) is 5.69 Å². The highest BCUT2D eigenvalue weighted by Crippen LogP contribution is 2.39. The summed E-state index contributed by atoms with van der Waals surface area (Å²) in [6.07, 6.45) is 1.77. The maximum atomic E-state index is 14.0. The van der Waals surface area contributed by atoms with Gasteiger partial charge in [0.05, 0.1) is 30.1 Å². The van der Waals surface area contributed by atoms with Crippen molar-refractivity contribution in [1.29, 1.82) is 0 Å². The zero-order chi connectivity index (χ0) is 23.1. The second kappa shape index (κ2) is 8.97. The van der Waals surface area contributed by atoms with Gasteiger partial charge in [-0.25, -0.2) is 0 Å². The lowest BCUT2D eigenvalue weighted by Gasteiger charge is -2.47. The molecule has 4 heterocycles. The van der Waals surface area contributed by atoms with Crippen LogP contribution in [0.25, 0.3) is 11.1 Å². The molecule has 2 atom stereocenters. The molecule has 0 bridgehead atoms. The zero-order valence-corrected chi connectivity index (χ0v) is 19.7. The molecule has 8 heteroatoms. The second-order valence-electron chi connectivity index (χ2n) is 9.28. The molecular weight excluding hydrogens is 440 g/mol. The maximum absolute atomic E-state index is 14.0. The minimum absolute atomic E-state index is 0.130. The predicted octanol–water partition coefficient (Wildman–Crippen LogP) is 3.35. The molecule has 3 aliphatic rings. The molecule has 0 aliphatic carbocycles. The molecule has 2 N–H and O–H groups in total. The lowest BCUT2D eigenvalue weighted by molar-refractivity contribution is -0.130. The van der Waals surface area contributed by atoms with Crippen LogP contribution >= 0.6 is 11.6 Å². The predicted molar refractivity (Wildman–Crippen MR) is 129 cm³/mol. The number of aromatic nitrogens is 1. The summed E-state index contributed by atoms with van der Waals surface area (Å²) in [6, 6.07) is 9.34. The van der Waals surface area contributed by atoms with Crippen molar-refractivity contribution in [2.24, 2.45) is 11.8 Å². The first kappa shape index (κ1) is 22.2. The largest absolute Gasteiger partial charge is 0.379 e. The summed E-state index contributed by atoms with van der Waals surface area (Å²) in [5, 5.41) is 3.41. The highest BCUT2D eigenvalue weighted by molar-refractivity contribution is 6.45. The van der Waals surface area contributed by atoms with E-state index in [9.17, 15) is 9.59 Å². The van der Waals surface area contributed by atoms with Crippen LogP contribution in [0.2, 0.25) is 5.02 Å². The number of halogens is 1. The van der Waals surface area contributed by atoms with Crippen molar-refractivity contribution in [2.75, 3.05) is 44.7 Å². The Morgan fingerprint density at radius 1 is 1.12 bits per heavy atom. The van der Waals surface area contributed by atoms with Gasteiger partial charge in [-0.1, -0.05) is 25.4 Å². The van der Waals surface area contributed by atoms with Crippen LogP contribution in [-0.4, -0.2) is 72.0 Å². The monoisotopic (exact) mass is 468 g/mol. The molecule has 0 saturated carbocycles. The molecule has 0 spiro atoms. The fourth-order valence-electron chi connectivity index (χ4n) is 5.70. The Balaban J connectivity index is 1.50. The second-order valence-corrected chi connectivity index (χ2v) is 9.72. The number of nitrogens with zero attached hydrogens (tertiary/aromatic N) is 2. The van der Waals surface area contributed by atoms with Gasteiger partial charge in [0.2, 0.25) is 0 Å². The Morgan fingerprint density at radius 2 is 1.85 bits per heavy atom. The van der Waals surface area contributed by atoms with Crippen molar-refractivity contribution in [3.8, 4) is 0 Å². The molecule has 2 fully saturated rings. The van der Waals surface area contributed by atoms with Gasteiger partial charge in [-0.15, -0.1) is 0 Å². The number of carbonyl (C=O) groups is 2. The third-order valence-corrected chi connectivity index (χ3v) is 7.23. The van der Waals surface area contributed by atoms with E-state index in [2.05, 4.69) is 29.0 Å². The topological polar surface area (TPSA) is 77.7 Å². The Hall–Kier alpha value is -2.61. The van der Waals surface area contributed by atoms with E-state index in [1.165, 1.54) is 0 Å². The average Bonchev–Trinajstić information content (AvgIpc) is 3.43. The minimum Gasteiger partial charge on any atom is -0.379 e. The first-order valence-corrected chi connectivity index (χ1v) is 11.9. The van der Waals surface area contributed by atoms with E-state index in [0.29, 0.717) is 64.1 Å². The number of amides is 2. The Kier molecular flexibility index (Phi) is 6.03. The van der Waals surface area contributed by atoms with E-state index in [4.69, 9.17) is 16.3 Å². The lowest BCUT2D eigenvalue weighted by Crippen LogP contribution is -2.58. The van der Waals surface area contributed by atoms with Crippen molar-refractivity contribution in [3.63, 3.8) is 0 Å². The molecule has 0 radical (unpaired) electrons. The number of H-pyrrole nitrogens is 1. The number of nitrogens with one attached hydrogen (secondary N) is 2. The number of likely N-dealkylation sites (tertiary alicyclic amines) is 1. The third kappa shape index (κ3) is 4.09. The number of morpholine rings is 1. The van der Waals surface area contributed by atoms with Gasteiger partial charge in [-0.05, 0) is 42.2 Å². The van der Waals surface area contributed by atoms with Crippen LogP contribution in [-0.2, 0) is 14.3 Å². The van der Waals surface area contributed by atoms with E-state index in [1.807, 2.05) is 17.0 Å². The summed E-state index contributed by atoms with van der Waals surface area (Å²) in [4.78, 5) is 34.6. The summed E-state index contributed by atoms with van der Waals surface area (Å²) in [6.45, 7) is 9.12. The molecule has 2 saturated heterocycles. The molecule has 1 aromatic heterocycles. The molecule has 2 aromatic rings. The molecule has 1 aromatic carbocycles. The molecule has 2 amide bonds. The lowest BCUT2D eigenvalue weighted by atomic mass is 9.83. The van der Waals surface area contributed by atoms with Gasteiger partial charge in [0.15, 0.2) is 0 Å². The van der Waals surface area contributed by atoms with Gasteiger partial charge in [0.25, 0.3) is 11.8 Å². The Labute approximate surface area is 198 Å². The zero-order valence-electron chi connectivity index (χ0n) is 18.9. The molecule has 174 valence electrons. The minimum atomic E-state index is -0.283. The van der Waals surface area contributed by atoms with E-state index in [-0.39, 0.29) is 11.8 Å². The summed E-state index contributed by atoms with van der Waals surface area (Å²) < 4.78 is 5.53. The van der Waals surface area contributed by atoms with Crippen LogP contribution < -0.4 is 5.32 Å². The van der Waals surface area contributed by atoms with E-state index < -0.39 is 0 Å². The van der Waals surface area contributed by atoms with E-state index >= 15 is 0 Å². The fraction of sp³-hybridized carbons (Fsp3) is 0.440. The highest BCUT2D eigenvalue weighted by atomic mass is 35.5. The van der Waals surface area contributed by atoms with Crippen LogP contribution in [0, 0.1) is 11.8 Å². The molecule has 33 heavy (non-hydrogen) atoms. The number of piperidine rings is 1. The van der Waals surface area contributed by atoms with Crippen molar-refractivity contribution in [1.82, 2.24) is 14.8 Å². The van der Waals surface area contributed by atoms with Crippen LogP contribution in [0.15, 0.2) is 36.5 Å². The number of carbonyl (C=O) groups excluding carboxylic acids is 2. The van der Waals surface area contributed by atoms with Gasteiger partial charge >= 0.3 is 0 Å². The summed E-state index contributed by atoms with van der Waals surface area (Å²) in [7, 11) is 0. The number of rotatable bonds is 3. The quantitative estimate of drug-likeness (QED) is 0.677. The Bertz CT molecular complexity index is 1080. The van der Waals surface area contributed by atoms with Gasteiger partial charge in [0.1, 0.15) is 0 Å². The van der Waals surface area contributed by atoms with Gasteiger partial charge in [-0.2, -0.15) is 0 Å². The molecular formula is C25H29ClN4O3. The number of hydrogen-bond acceptors (Lipinski definition) is 4. The fourth-order valence-corrected chi connectivity index (χ4v) is 5.87. The van der Waals surface area contributed by atoms with Gasteiger partial charge < -0.3 is 19.9 Å². The average molecular weight is 469 g/mol. The smallest absolute Gasteiger partial charge is 0.257 e. The standard InChI is InChI=1S/C25H29ClN4O3/c1-15-13-30(14-16(2)23(15)29-8-10-33-11-9-29)25(32)22(20-4-3-7-27-20)21-18-12-17(26)5-6-19(18)28-24(21)31/h3-7,12,15-16,23,27H,8-11,13-14H2,1-2H3,(H,28,31)/b22-21-. The van der Waals surface area contributed by atoms with E-state index in [0.717, 1.165) is 26.3 Å². The van der Waals surface area contributed by atoms with Crippen molar-refractivity contribution in [3.05, 3.63) is 52.8 Å². The first-order valence-electron chi connectivity index (χ1n) is 11.5. The number of aromatic amines is 1. The van der Waals surface area contributed by atoms with Crippen molar-refractivity contribution < 1.29 is 14.3 Å². The number of benzene rings is 1. The maximum Gasteiger partial charge on any atom is 0.257 e. The Morgan fingerprint density at radius 3 is 2.52 bits per heavy atom. The molecule has 2 unspecified atom stereocenters. The molecule has 3 aliphatic heterocycles. The van der Waals surface area contributed by atoms with Gasteiger partial charge in [0, 0.05) is 54.7 Å². The number of anilines is 1. The van der Waals surface area contributed by atoms with Gasteiger partial charge in [-0.3, -0.25) is 14.5 Å². The van der Waals surface area contributed by atoms with E-state index in [1.54, 1.807) is 24.4 Å². The third-order valence-electron chi connectivity index (χ3n) is 6.99. The first-order chi connectivity index (χ1) is 15.9. The molecule has 7 nitrogen and oxygen atoms in total. The van der Waals surface area contributed by atoms with Crippen LogP contribution in [0.1, 0.15) is 25.1 Å². The summed E-state index contributed by atoms with van der Waals surface area (Å²) in [5.41, 5.74) is 2.73. The van der Waals surface area contributed by atoms with Crippen molar-refractivity contribution in [2.45, 2.75) is 19.9 Å². The van der Waals surface area contributed by atoms with Crippen LogP contribution in [0.5, 0.6) is 0 Å². The summed E-state index contributed by atoms with van der Waals surface area (Å²) in [5.74, 6) is 0.207. The number of hydrogen-bond donors (Lipinski definition) is 2. The van der Waals surface area contributed by atoms with Crippen molar-refractivity contribution >= 4 is 40.2 Å². The SMILES string of the molecule is CC1CN(C(=O)/C(=C2\C(=O)Nc3ccc(Cl)cc32)c2ccc[nH]2)CC(C)C1N1CCOCC1. The number of ether oxygens (including phenoxy) is 1. The van der Waals surface area contributed by atoms with Crippen LogP contribution in [0.3, 0.4) is 0 Å². The molecule has 5 rings (SSSR count). The highest BCUT2D eigenvalue weighted by Gasteiger charge is 2.40. The normalized spacial score (nSPS) is 27.3.